The maximum Gasteiger partial charge on any atom is 0.0346 e. The Labute approximate surface area is 71.0 Å². The minimum Gasteiger partial charge on any atom is -0.326 e. The molecule has 0 spiro atoms. The molecule has 2 aromatic rings. The van der Waals surface area contributed by atoms with Crippen molar-refractivity contribution in [3.63, 3.8) is 0 Å². The van der Waals surface area contributed by atoms with E-state index in [1.54, 1.807) is 6.20 Å². The van der Waals surface area contributed by atoms with Gasteiger partial charge in [0.05, 0.1) is 0 Å². The average Bonchev–Trinajstić information content (AvgIpc) is 2.17. The van der Waals surface area contributed by atoms with Gasteiger partial charge in [-0.3, -0.25) is 4.98 Å². The van der Waals surface area contributed by atoms with Crippen molar-refractivity contribution < 1.29 is 0 Å². The van der Waals surface area contributed by atoms with Crippen LogP contribution in [0.15, 0.2) is 36.7 Å². The Morgan fingerprint density at radius 2 is 2.08 bits per heavy atom. The fourth-order valence-electron chi connectivity index (χ4n) is 1.26. The monoisotopic (exact) mass is 158 g/mol. The van der Waals surface area contributed by atoms with E-state index in [1.165, 1.54) is 5.39 Å². The Morgan fingerprint density at radius 1 is 1.17 bits per heavy atom. The van der Waals surface area contributed by atoms with E-state index in [9.17, 15) is 0 Å². The average molecular weight is 158 g/mol. The highest BCUT2D eigenvalue weighted by Gasteiger charge is 1.93. The van der Waals surface area contributed by atoms with E-state index in [1.807, 2.05) is 18.3 Å². The lowest BCUT2D eigenvalue weighted by Crippen LogP contribution is -1.95. The molecule has 2 heteroatoms. The molecule has 0 radical (unpaired) electrons. The summed E-state index contributed by atoms with van der Waals surface area (Å²) < 4.78 is 0. The second kappa shape index (κ2) is 2.91. The van der Waals surface area contributed by atoms with E-state index in [4.69, 9.17) is 5.73 Å². The van der Waals surface area contributed by atoms with Crippen LogP contribution in [0.25, 0.3) is 10.8 Å². The molecule has 0 aliphatic carbocycles. The van der Waals surface area contributed by atoms with Crippen molar-refractivity contribution in [2.75, 3.05) is 0 Å². The molecule has 0 aliphatic rings. The summed E-state index contributed by atoms with van der Waals surface area (Å²) in [4.78, 5) is 4.05. The molecule has 0 atom stereocenters. The van der Waals surface area contributed by atoms with E-state index in [2.05, 4.69) is 17.1 Å². The zero-order valence-electron chi connectivity index (χ0n) is 6.70. The molecule has 2 rings (SSSR count). The van der Waals surface area contributed by atoms with Gasteiger partial charge in [0.15, 0.2) is 0 Å². The van der Waals surface area contributed by atoms with Gasteiger partial charge in [-0.25, -0.2) is 0 Å². The molecule has 2 N–H and O–H groups in total. The van der Waals surface area contributed by atoms with E-state index >= 15 is 0 Å². The third kappa shape index (κ3) is 1.17. The van der Waals surface area contributed by atoms with Gasteiger partial charge in [0.2, 0.25) is 0 Å². The third-order valence-corrected chi connectivity index (χ3v) is 1.94. The lowest BCUT2D eigenvalue weighted by atomic mass is 10.1. The predicted molar refractivity (Wildman–Crippen MR) is 49.6 cm³/mol. The number of aromatic nitrogens is 1. The van der Waals surface area contributed by atoms with E-state index in [0.717, 1.165) is 10.9 Å². The van der Waals surface area contributed by atoms with Crippen molar-refractivity contribution in [2.24, 2.45) is 5.73 Å². The van der Waals surface area contributed by atoms with Crippen LogP contribution >= 0.6 is 0 Å². The highest BCUT2D eigenvalue weighted by molar-refractivity contribution is 5.81. The fourth-order valence-corrected chi connectivity index (χ4v) is 1.26. The molecule has 0 aliphatic heterocycles. The first kappa shape index (κ1) is 7.25. The summed E-state index contributed by atoms with van der Waals surface area (Å²) in [6.45, 7) is 0.588. The summed E-state index contributed by atoms with van der Waals surface area (Å²) in [5, 5.41) is 2.36. The third-order valence-electron chi connectivity index (χ3n) is 1.94. The molecule has 2 nitrogen and oxygen atoms in total. The summed E-state index contributed by atoms with van der Waals surface area (Å²) in [6.07, 6.45) is 3.65. The molecule has 1 aromatic carbocycles. The molecular formula is C10H10N2. The van der Waals surface area contributed by atoms with Crippen molar-refractivity contribution in [3.05, 3.63) is 42.2 Å². The Bertz CT molecular complexity index is 396. The Hall–Kier alpha value is -1.41. The smallest absolute Gasteiger partial charge is 0.0346 e. The van der Waals surface area contributed by atoms with E-state index < -0.39 is 0 Å². The molecular weight excluding hydrogens is 148 g/mol. The van der Waals surface area contributed by atoms with Crippen molar-refractivity contribution in [1.82, 2.24) is 4.98 Å². The van der Waals surface area contributed by atoms with Gasteiger partial charge in [-0.15, -0.1) is 0 Å². The molecule has 0 bridgehead atoms. The number of benzene rings is 1. The molecule has 1 aromatic heterocycles. The molecule has 0 fully saturated rings. The van der Waals surface area contributed by atoms with Gasteiger partial charge < -0.3 is 5.73 Å². The highest BCUT2D eigenvalue weighted by Crippen LogP contribution is 2.13. The standard InChI is InChI=1S/C10H10N2/c11-6-8-1-2-9-3-4-12-7-10(9)5-8/h1-5,7H,6,11H2. The van der Waals surface area contributed by atoms with E-state index in [0.29, 0.717) is 6.54 Å². The summed E-state index contributed by atoms with van der Waals surface area (Å²) in [5.74, 6) is 0. The quantitative estimate of drug-likeness (QED) is 0.686. The van der Waals surface area contributed by atoms with Gasteiger partial charge in [-0.1, -0.05) is 12.1 Å². The summed E-state index contributed by atoms with van der Waals surface area (Å²) in [7, 11) is 0. The van der Waals surface area contributed by atoms with Crippen LogP contribution in [0.1, 0.15) is 5.56 Å². The maximum absolute atomic E-state index is 5.52. The molecule has 0 saturated heterocycles. The molecule has 0 unspecified atom stereocenters. The van der Waals surface area contributed by atoms with Crippen molar-refractivity contribution in [2.45, 2.75) is 6.54 Å². The maximum atomic E-state index is 5.52. The SMILES string of the molecule is NCc1ccc2ccncc2c1. The normalized spacial score (nSPS) is 10.4. The van der Waals surface area contributed by atoms with Crippen LogP contribution in [0, 0.1) is 0 Å². The Kier molecular flexibility index (Phi) is 1.76. The lowest BCUT2D eigenvalue weighted by molar-refractivity contribution is 1.07. The predicted octanol–water partition coefficient (Wildman–Crippen LogP) is 1.69. The number of fused-ring (bicyclic) bond motifs is 1. The van der Waals surface area contributed by atoms with Gasteiger partial charge in [-0.2, -0.15) is 0 Å². The molecule has 12 heavy (non-hydrogen) atoms. The number of rotatable bonds is 1. The number of nitrogens with zero attached hydrogens (tertiary/aromatic N) is 1. The first-order valence-electron chi connectivity index (χ1n) is 3.93. The Balaban J connectivity index is 2.67. The second-order valence-corrected chi connectivity index (χ2v) is 2.76. The van der Waals surface area contributed by atoms with Crippen LogP contribution < -0.4 is 5.73 Å². The summed E-state index contributed by atoms with van der Waals surface area (Å²) in [6, 6.07) is 8.18. The van der Waals surface area contributed by atoms with Crippen molar-refractivity contribution in [3.8, 4) is 0 Å². The minimum absolute atomic E-state index is 0.588. The van der Waals surface area contributed by atoms with Gasteiger partial charge in [0.25, 0.3) is 0 Å². The van der Waals surface area contributed by atoms with Crippen LogP contribution in [-0.2, 0) is 6.54 Å². The minimum atomic E-state index is 0.588. The van der Waals surface area contributed by atoms with Gasteiger partial charge in [0.1, 0.15) is 0 Å². The number of hydrogen-bond donors (Lipinski definition) is 1. The second-order valence-electron chi connectivity index (χ2n) is 2.76. The van der Waals surface area contributed by atoms with Crippen LogP contribution in [-0.4, -0.2) is 4.98 Å². The largest absolute Gasteiger partial charge is 0.326 e. The van der Waals surface area contributed by atoms with E-state index in [-0.39, 0.29) is 0 Å². The van der Waals surface area contributed by atoms with Crippen molar-refractivity contribution >= 4 is 10.8 Å². The lowest BCUT2D eigenvalue weighted by Gasteiger charge is -1.99. The van der Waals surface area contributed by atoms with Crippen LogP contribution in [0.3, 0.4) is 0 Å². The number of pyridine rings is 1. The highest BCUT2D eigenvalue weighted by atomic mass is 14.6. The molecule has 0 amide bonds. The zero-order chi connectivity index (χ0) is 8.39. The van der Waals surface area contributed by atoms with Crippen LogP contribution in [0.2, 0.25) is 0 Å². The summed E-state index contributed by atoms with van der Waals surface area (Å²) >= 11 is 0. The van der Waals surface area contributed by atoms with Crippen LogP contribution in [0.5, 0.6) is 0 Å². The van der Waals surface area contributed by atoms with Gasteiger partial charge in [-0.05, 0) is 23.1 Å². The first-order chi connectivity index (χ1) is 5.90. The number of hydrogen-bond acceptors (Lipinski definition) is 2. The number of nitrogens with two attached hydrogens (primary N) is 1. The first-order valence-corrected chi connectivity index (χ1v) is 3.93. The van der Waals surface area contributed by atoms with Gasteiger partial charge >= 0.3 is 0 Å². The molecule has 60 valence electrons. The summed E-state index contributed by atoms with van der Waals surface area (Å²) in [5.41, 5.74) is 6.67. The molecule has 1 heterocycles. The topological polar surface area (TPSA) is 38.9 Å². The fraction of sp³-hybridized carbons (Fsp3) is 0.100. The zero-order valence-corrected chi connectivity index (χ0v) is 6.70. The Morgan fingerprint density at radius 3 is 2.92 bits per heavy atom. The van der Waals surface area contributed by atoms with Crippen molar-refractivity contribution in [1.29, 1.82) is 0 Å². The van der Waals surface area contributed by atoms with Crippen LogP contribution in [0.4, 0.5) is 0 Å². The van der Waals surface area contributed by atoms with Gasteiger partial charge in [0, 0.05) is 24.3 Å². The molecule has 0 saturated carbocycles.